The van der Waals surface area contributed by atoms with E-state index in [9.17, 15) is 8.42 Å². The van der Waals surface area contributed by atoms with Crippen molar-refractivity contribution in [3.05, 3.63) is 30.1 Å². The summed E-state index contributed by atoms with van der Waals surface area (Å²) in [6.07, 6.45) is 3.94. The van der Waals surface area contributed by atoms with Gasteiger partial charge in [0.05, 0.1) is 5.75 Å². The predicted octanol–water partition coefficient (Wildman–Crippen LogP) is 0.638. The third-order valence-corrected chi connectivity index (χ3v) is 5.50. The molecule has 0 spiro atoms. The molecule has 0 aliphatic carbocycles. The van der Waals surface area contributed by atoms with Crippen LogP contribution in [0.4, 0.5) is 0 Å². The standard InChI is InChI=1S/C13H21N3O2S/c1-16(13-5-9-14-10-6-13)19(17,18)11-7-12-4-2-3-8-15-12/h2-4,8,13-14H,5-7,9-11H2,1H3. The van der Waals surface area contributed by atoms with E-state index in [1.54, 1.807) is 17.5 Å². The Labute approximate surface area is 115 Å². The summed E-state index contributed by atoms with van der Waals surface area (Å²) in [5.74, 6) is 0.129. The molecule has 0 amide bonds. The van der Waals surface area contributed by atoms with Gasteiger partial charge in [0.25, 0.3) is 0 Å². The van der Waals surface area contributed by atoms with Crippen molar-refractivity contribution in [2.45, 2.75) is 25.3 Å². The fraction of sp³-hybridized carbons (Fsp3) is 0.615. The fourth-order valence-electron chi connectivity index (χ4n) is 2.32. The number of hydrogen-bond acceptors (Lipinski definition) is 4. The number of pyridine rings is 1. The molecule has 0 aromatic carbocycles. The predicted molar refractivity (Wildman–Crippen MR) is 75.4 cm³/mol. The quantitative estimate of drug-likeness (QED) is 0.861. The molecule has 6 heteroatoms. The number of aryl methyl sites for hydroxylation is 1. The number of nitrogens with zero attached hydrogens (tertiary/aromatic N) is 2. The molecular formula is C13H21N3O2S. The van der Waals surface area contributed by atoms with Crippen molar-refractivity contribution < 1.29 is 8.42 Å². The molecule has 1 aliphatic rings. The Balaban J connectivity index is 1.93. The van der Waals surface area contributed by atoms with E-state index in [0.29, 0.717) is 6.42 Å². The molecule has 0 atom stereocenters. The molecule has 1 fully saturated rings. The molecule has 0 bridgehead atoms. The molecule has 5 nitrogen and oxygen atoms in total. The Morgan fingerprint density at radius 3 is 2.74 bits per heavy atom. The topological polar surface area (TPSA) is 62.3 Å². The van der Waals surface area contributed by atoms with Crippen molar-refractivity contribution in [1.82, 2.24) is 14.6 Å². The van der Waals surface area contributed by atoms with Gasteiger partial charge in [0.15, 0.2) is 0 Å². The molecule has 1 aromatic rings. The smallest absolute Gasteiger partial charge is 0.214 e. The van der Waals surface area contributed by atoms with Crippen LogP contribution < -0.4 is 5.32 Å². The minimum atomic E-state index is -3.19. The summed E-state index contributed by atoms with van der Waals surface area (Å²) < 4.78 is 26.1. The number of sulfonamides is 1. The monoisotopic (exact) mass is 283 g/mol. The van der Waals surface area contributed by atoms with Crippen LogP contribution in [0.1, 0.15) is 18.5 Å². The second-order valence-corrected chi connectivity index (χ2v) is 7.03. The minimum absolute atomic E-state index is 0.129. The summed E-state index contributed by atoms with van der Waals surface area (Å²) in [6, 6.07) is 5.71. The summed E-state index contributed by atoms with van der Waals surface area (Å²) >= 11 is 0. The minimum Gasteiger partial charge on any atom is -0.317 e. The van der Waals surface area contributed by atoms with E-state index in [0.717, 1.165) is 31.6 Å². The van der Waals surface area contributed by atoms with Crippen LogP contribution in [0.5, 0.6) is 0 Å². The molecule has 0 radical (unpaired) electrons. The highest BCUT2D eigenvalue weighted by atomic mass is 32.2. The van der Waals surface area contributed by atoms with Gasteiger partial charge < -0.3 is 5.32 Å². The van der Waals surface area contributed by atoms with Crippen molar-refractivity contribution in [2.75, 3.05) is 25.9 Å². The first-order chi connectivity index (χ1) is 9.09. The van der Waals surface area contributed by atoms with E-state index >= 15 is 0 Å². The van der Waals surface area contributed by atoms with E-state index in [1.807, 2.05) is 18.2 Å². The lowest BCUT2D eigenvalue weighted by Gasteiger charge is -2.30. The van der Waals surface area contributed by atoms with Crippen molar-refractivity contribution in [3.8, 4) is 0 Å². The molecule has 1 N–H and O–H groups in total. The van der Waals surface area contributed by atoms with Gasteiger partial charge in [0.2, 0.25) is 10.0 Å². The first kappa shape index (κ1) is 14.4. The Kier molecular flexibility index (Phi) is 4.90. The Morgan fingerprint density at radius 1 is 1.37 bits per heavy atom. The second kappa shape index (κ2) is 6.45. The fourth-order valence-corrected chi connectivity index (χ4v) is 3.74. The lowest BCUT2D eigenvalue weighted by atomic mass is 10.1. The highest BCUT2D eigenvalue weighted by Gasteiger charge is 2.27. The molecule has 1 saturated heterocycles. The number of hydrogen-bond donors (Lipinski definition) is 1. The van der Waals surface area contributed by atoms with E-state index in [1.165, 1.54) is 0 Å². The number of aromatic nitrogens is 1. The van der Waals surface area contributed by atoms with Crippen LogP contribution in [-0.4, -0.2) is 49.6 Å². The maximum atomic E-state index is 12.3. The van der Waals surface area contributed by atoms with Gasteiger partial charge in [-0.3, -0.25) is 4.98 Å². The Bertz CT molecular complexity index is 484. The average molecular weight is 283 g/mol. The van der Waals surface area contributed by atoms with E-state index in [-0.39, 0.29) is 11.8 Å². The normalized spacial score (nSPS) is 17.8. The first-order valence-corrected chi connectivity index (χ1v) is 8.27. The van der Waals surface area contributed by atoms with Crippen LogP contribution in [-0.2, 0) is 16.4 Å². The number of rotatable bonds is 5. The summed E-state index contributed by atoms with van der Waals surface area (Å²) in [4.78, 5) is 4.16. The van der Waals surface area contributed by atoms with Crippen LogP contribution in [0.25, 0.3) is 0 Å². The lowest BCUT2D eigenvalue weighted by molar-refractivity contribution is 0.296. The van der Waals surface area contributed by atoms with Crippen LogP contribution in [0, 0.1) is 0 Å². The van der Waals surface area contributed by atoms with Gasteiger partial charge >= 0.3 is 0 Å². The molecule has 19 heavy (non-hydrogen) atoms. The van der Waals surface area contributed by atoms with Gasteiger partial charge in [0.1, 0.15) is 0 Å². The zero-order valence-corrected chi connectivity index (χ0v) is 12.1. The number of piperidine rings is 1. The van der Waals surface area contributed by atoms with Crippen LogP contribution >= 0.6 is 0 Å². The Morgan fingerprint density at radius 2 is 2.11 bits per heavy atom. The van der Waals surface area contributed by atoms with Gasteiger partial charge in [-0.25, -0.2) is 12.7 Å². The summed E-state index contributed by atoms with van der Waals surface area (Å²) in [7, 11) is -1.49. The average Bonchev–Trinajstić information content (AvgIpc) is 2.46. The van der Waals surface area contributed by atoms with Gasteiger partial charge in [-0.15, -0.1) is 0 Å². The third-order valence-electron chi connectivity index (χ3n) is 3.60. The first-order valence-electron chi connectivity index (χ1n) is 6.66. The number of nitrogens with one attached hydrogen (secondary N) is 1. The van der Waals surface area contributed by atoms with Crippen molar-refractivity contribution in [1.29, 1.82) is 0 Å². The van der Waals surface area contributed by atoms with Crippen molar-refractivity contribution in [3.63, 3.8) is 0 Å². The van der Waals surface area contributed by atoms with Crippen LogP contribution in [0.15, 0.2) is 24.4 Å². The van der Waals surface area contributed by atoms with Gasteiger partial charge in [-0.05, 0) is 38.1 Å². The van der Waals surface area contributed by atoms with Crippen molar-refractivity contribution >= 4 is 10.0 Å². The van der Waals surface area contributed by atoms with E-state index in [4.69, 9.17) is 0 Å². The highest BCUT2D eigenvalue weighted by molar-refractivity contribution is 7.89. The van der Waals surface area contributed by atoms with Gasteiger partial charge in [-0.1, -0.05) is 6.07 Å². The molecule has 2 heterocycles. The summed E-state index contributed by atoms with van der Waals surface area (Å²) in [6.45, 7) is 1.79. The molecule has 0 unspecified atom stereocenters. The second-order valence-electron chi connectivity index (χ2n) is 4.88. The van der Waals surface area contributed by atoms with Gasteiger partial charge in [0, 0.05) is 31.4 Å². The van der Waals surface area contributed by atoms with Crippen LogP contribution in [0.3, 0.4) is 0 Å². The molecule has 0 saturated carbocycles. The molecule has 2 rings (SSSR count). The maximum absolute atomic E-state index is 12.3. The van der Waals surface area contributed by atoms with Crippen molar-refractivity contribution in [2.24, 2.45) is 0 Å². The largest absolute Gasteiger partial charge is 0.317 e. The van der Waals surface area contributed by atoms with E-state index in [2.05, 4.69) is 10.3 Å². The molecule has 1 aromatic heterocycles. The summed E-state index contributed by atoms with van der Waals surface area (Å²) in [5, 5.41) is 3.25. The lowest BCUT2D eigenvalue weighted by Crippen LogP contribution is -2.44. The highest BCUT2D eigenvalue weighted by Crippen LogP contribution is 2.15. The molecule has 106 valence electrons. The summed E-state index contributed by atoms with van der Waals surface area (Å²) in [5.41, 5.74) is 0.824. The Hall–Kier alpha value is -0.980. The van der Waals surface area contributed by atoms with E-state index < -0.39 is 10.0 Å². The molecule has 1 aliphatic heterocycles. The van der Waals surface area contributed by atoms with Gasteiger partial charge in [-0.2, -0.15) is 0 Å². The SMILES string of the molecule is CN(C1CCNCC1)S(=O)(=O)CCc1ccccn1. The molecular weight excluding hydrogens is 262 g/mol. The van der Waals surface area contributed by atoms with Crippen LogP contribution in [0.2, 0.25) is 0 Å². The third kappa shape index (κ3) is 3.99. The zero-order chi connectivity index (χ0) is 13.7. The maximum Gasteiger partial charge on any atom is 0.214 e. The zero-order valence-electron chi connectivity index (χ0n) is 11.2.